The van der Waals surface area contributed by atoms with Gasteiger partial charge in [0, 0.05) is 18.7 Å². The lowest BCUT2D eigenvalue weighted by molar-refractivity contribution is 0.112. The third-order valence-corrected chi connectivity index (χ3v) is 9.70. The normalized spacial score (nSPS) is 26.6. The number of rotatable bonds is 6. The van der Waals surface area contributed by atoms with E-state index in [1.807, 2.05) is 7.05 Å². The molecule has 1 rings (SSSR count). The van der Waals surface area contributed by atoms with Crippen molar-refractivity contribution >= 4 is 8.32 Å². The molecule has 3 nitrogen and oxygen atoms in total. The summed E-state index contributed by atoms with van der Waals surface area (Å²) in [6.45, 7) is 12.6. The van der Waals surface area contributed by atoms with E-state index in [4.69, 9.17) is 10.2 Å². The van der Waals surface area contributed by atoms with E-state index in [9.17, 15) is 0 Å². The third-order valence-electron chi connectivity index (χ3n) is 5.16. The number of likely N-dealkylation sites (N-methyl/N-ethyl adjacent to an activating group) is 1. The molecule has 20 heavy (non-hydrogen) atoms. The van der Waals surface area contributed by atoms with Gasteiger partial charge in [0.25, 0.3) is 0 Å². The second-order valence-electron chi connectivity index (χ2n) is 8.07. The second kappa shape index (κ2) is 7.39. The first kappa shape index (κ1) is 18.1. The summed E-state index contributed by atoms with van der Waals surface area (Å²) in [7, 11) is 0.382. The van der Waals surface area contributed by atoms with Crippen molar-refractivity contribution in [1.82, 2.24) is 5.32 Å². The summed E-state index contributed by atoms with van der Waals surface area (Å²) in [6, 6.07) is 0.308. The van der Waals surface area contributed by atoms with Gasteiger partial charge in [-0.15, -0.1) is 0 Å². The smallest absolute Gasteiger partial charge is 0.192 e. The van der Waals surface area contributed by atoms with Crippen LogP contribution in [-0.2, 0) is 4.43 Å². The second-order valence-corrected chi connectivity index (χ2v) is 12.8. The highest BCUT2D eigenvalue weighted by atomic mass is 28.4. The molecule has 120 valence electrons. The Morgan fingerprint density at radius 2 is 1.75 bits per heavy atom. The van der Waals surface area contributed by atoms with Crippen molar-refractivity contribution in [3.05, 3.63) is 0 Å². The lowest BCUT2D eigenvalue weighted by atomic mass is 9.83. The minimum Gasteiger partial charge on any atom is -0.414 e. The van der Waals surface area contributed by atoms with Crippen molar-refractivity contribution in [1.29, 1.82) is 0 Å². The predicted octanol–water partition coefficient (Wildman–Crippen LogP) is 3.50. The quantitative estimate of drug-likeness (QED) is 0.738. The van der Waals surface area contributed by atoms with E-state index in [0.29, 0.717) is 17.2 Å². The number of hydrogen-bond acceptors (Lipinski definition) is 3. The van der Waals surface area contributed by atoms with Crippen LogP contribution in [0, 0.1) is 5.92 Å². The fourth-order valence-corrected chi connectivity index (χ4v) is 4.28. The van der Waals surface area contributed by atoms with Crippen molar-refractivity contribution in [2.24, 2.45) is 11.7 Å². The van der Waals surface area contributed by atoms with Crippen molar-refractivity contribution in [2.75, 3.05) is 13.6 Å². The van der Waals surface area contributed by atoms with Gasteiger partial charge in [-0.2, -0.15) is 0 Å². The lowest BCUT2D eigenvalue weighted by Gasteiger charge is -2.41. The average Bonchev–Trinajstić information content (AvgIpc) is 2.30. The highest BCUT2D eigenvalue weighted by Gasteiger charge is 2.39. The van der Waals surface area contributed by atoms with Crippen LogP contribution in [0.3, 0.4) is 0 Å². The molecule has 0 aromatic heterocycles. The molecule has 0 unspecified atom stereocenters. The predicted molar refractivity (Wildman–Crippen MR) is 90.5 cm³/mol. The Morgan fingerprint density at radius 3 is 2.20 bits per heavy atom. The molecule has 0 spiro atoms. The van der Waals surface area contributed by atoms with E-state index >= 15 is 0 Å². The topological polar surface area (TPSA) is 47.3 Å². The summed E-state index contributed by atoms with van der Waals surface area (Å²) in [4.78, 5) is 0. The monoisotopic (exact) mass is 300 g/mol. The van der Waals surface area contributed by atoms with E-state index < -0.39 is 8.32 Å². The van der Waals surface area contributed by atoms with Crippen LogP contribution in [0.1, 0.15) is 52.9 Å². The third kappa shape index (κ3) is 5.47. The lowest BCUT2D eigenvalue weighted by Crippen LogP contribution is -2.45. The molecule has 0 amide bonds. The van der Waals surface area contributed by atoms with Crippen molar-refractivity contribution in [2.45, 2.75) is 83.2 Å². The summed E-state index contributed by atoms with van der Waals surface area (Å²) >= 11 is 0. The van der Waals surface area contributed by atoms with Crippen LogP contribution in [-0.4, -0.2) is 34.1 Å². The summed E-state index contributed by atoms with van der Waals surface area (Å²) < 4.78 is 6.54. The molecule has 0 bridgehead atoms. The van der Waals surface area contributed by atoms with Gasteiger partial charge in [0.15, 0.2) is 8.32 Å². The molecule has 1 fully saturated rings. The maximum atomic E-state index is 6.54. The van der Waals surface area contributed by atoms with E-state index in [-0.39, 0.29) is 0 Å². The Balaban J connectivity index is 2.36. The van der Waals surface area contributed by atoms with Gasteiger partial charge in [-0.25, -0.2) is 0 Å². The van der Waals surface area contributed by atoms with Crippen LogP contribution in [0.15, 0.2) is 0 Å². The Bertz CT molecular complexity index is 281. The van der Waals surface area contributed by atoms with Crippen LogP contribution in [0.4, 0.5) is 0 Å². The summed E-state index contributed by atoms with van der Waals surface area (Å²) in [5, 5.41) is 3.49. The Kier molecular flexibility index (Phi) is 6.70. The summed E-state index contributed by atoms with van der Waals surface area (Å²) in [5.74, 6) is 0.803. The Morgan fingerprint density at radius 1 is 1.20 bits per heavy atom. The molecule has 1 atom stereocenters. The van der Waals surface area contributed by atoms with Crippen LogP contribution < -0.4 is 11.1 Å². The van der Waals surface area contributed by atoms with Gasteiger partial charge >= 0.3 is 0 Å². The van der Waals surface area contributed by atoms with Crippen molar-refractivity contribution < 1.29 is 4.43 Å². The molecule has 0 heterocycles. The van der Waals surface area contributed by atoms with E-state index in [1.54, 1.807) is 0 Å². The van der Waals surface area contributed by atoms with Crippen molar-refractivity contribution in [3.8, 4) is 0 Å². The number of nitrogens with two attached hydrogens (primary N) is 1. The highest BCUT2D eigenvalue weighted by molar-refractivity contribution is 6.74. The molecule has 0 saturated heterocycles. The molecule has 0 aromatic carbocycles. The molecule has 4 heteroatoms. The first-order valence-corrected chi connectivity index (χ1v) is 11.1. The van der Waals surface area contributed by atoms with E-state index in [2.05, 4.69) is 39.2 Å². The molecule has 0 radical (unpaired) electrons. The summed E-state index contributed by atoms with van der Waals surface area (Å²) in [6.07, 6.45) is 6.68. The van der Waals surface area contributed by atoms with Gasteiger partial charge in [0.2, 0.25) is 0 Å². The fraction of sp³-hybridized carbons (Fsp3) is 1.00. The molecule has 1 aliphatic rings. The minimum atomic E-state index is -1.59. The molecule has 0 aromatic rings. The highest BCUT2D eigenvalue weighted by Crippen LogP contribution is 2.40. The standard InChI is InChI=1S/C16H36N2OSi/c1-16(2,3)20(5,6)19-15-9-7-13(8-10-15)11-14(17)12-18-4/h13-15,18H,7-12,17H2,1-6H3/t13?,14-,15?/m0/s1. The zero-order chi connectivity index (χ0) is 15.4. The van der Waals surface area contributed by atoms with E-state index in [1.165, 1.54) is 25.7 Å². The van der Waals surface area contributed by atoms with Crippen LogP contribution in [0.25, 0.3) is 0 Å². The largest absolute Gasteiger partial charge is 0.414 e. The van der Waals surface area contributed by atoms with Gasteiger partial charge < -0.3 is 15.5 Å². The average molecular weight is 301 g/mol. The zero-order valence-corrected chi connectivity index (χ0v) is 15.5. The van der Waals surface area contributed by atoms with Crippen LogP contribution in [0.2, 0.25) is 18.1 Å². The molecule has 0 aliphatic heterocycles. The van der Waals surface area contributed by atoms with E-state index in [0.717, 1.165) is 18.9 Å². The van der Waals surface area contributed by atoms with Crippen molar-refractivity contribution in [3.63, 3.8) is 0 Å². The first-order chi connectivity index (χ1) is 9.15. The maximum Gasteiger partial charge on any atom is 0.192 e. The number of hydrogen-bond donors (Lipinski definition) is 2. The van der Waals surface area contributed by atoms with Gasteiger partial charge in [-0.3, -0.25) is 0 Å². The fourth-order valence-electron chi connectivity index (χ4n) is 2.85. The molecule has 1 saturated carbocycles. The Hall–Kier alpha value is 0.0969. The Labute approximate surface area is 127 Å². The van der Waals surface area contributed by atoms with Crippen LogP contribution >= 0.6 is 0 Å². The first-order valence-electron chi connectivity index (χ1n) is 8.23. The maximum absolute atomic E-state index is 6.54. The van der Waals surface area contributed by atoms with Gasteiger partial charge in [-0.1, -0.05) is 20.8 Å². The number of nitrogens with one attached hydrogen (secondary N) is 1. The molecular weight excluding hydrogens is 264 g/mol. The SMILES string of the molecule is CNC[C@@H](N)CC1CCC(O[Si](C)(C)C(C)(C)C)CC1. The molecule has 1 aliphatic carbocycles. The summed E-state index contributed by atoms with van der Waals surface area (Å²) in [5.41, 5.74) is 6.12. The van der Waals surface area contributed by atoms with Gasteiger partial charge in [0.1, 0.15) is 0 Å². The van der Waals surface area contributed by atoms with Gasteiger partial charge in [0.05, 0.1) is 0 Å². The molecule has 3 N–H and O–H groups in total. The molecular formula is C16H36N2OSi. The van der Waals surface area contributed by atoms with Crippen LogP contribution in [0.5, 0.6) is 0 Å². The zero-order valence-electron chi connectivity index (χ0n) is 14.5. The minimum absolute atomic E-state index is 0.308. The van der Waals surface area contributed by atoms with Gasteiger partial charge in [-0.05, 0) is 63.2 Å².